The van der Waals surface area contributed by atoms with Gasteiger partial charge in [0, 0.05) is 0 Å². The van der Waals surface area contributed by atoms with Gasteiger partial charge in [-0.2, -0.15) is 0 Å². The molecule has 2 unspecified atom stereocenters. The van der Waals surface area contributed by atoms with Gasteiger partial charge in [0.25, 0.3) is 0 Å². The molecule has 0 spiro atoms. The number of rotatable bonds is 11. The Morgan fingerprint density at radius 2 is 1.92 bits per heavy atom. The van der Waals surface area contributed by atoms with Crippen LogP contribution in [0.1, 0.15) is 70.3 Å². The summed E-state index contributed by atoms with van der Waals surface area (Å²) < 4.78 is 5.68. The van der Waals surface area contributed by atoms with Gasteiger partial charge in [0.1, 0.15) is 6.10 Å². The molecule has 1 aromatic carbocycles. The van der Waals surface area contributed by atoms with Crippen molar-refractivity contribution in [3.63, 3.8) is 0 Å². The highest BCUT2D eigenvalue weighted by molar-refractivity contribution is 5.73. The highest BCUT2D eigenvalue weighted by atomic mass is 16.5. The Morgan fingerprint density at radius 3 is 2.62 bits per heavy atom. The summed E-state index contributed by atoms with van der Waals surface area (Å²) in [4.78, 5) is 12.6. The smallest absolute Gasteiger partial charge is 0.311 e. The molecule has 3 heteroatoms. The molecule has 26 heavy (non-hydrogen) atoms. The number of allylic oxidation sites excluding steroid dienone is 1. The zero-order valence-electron chi connectivity index (χ0n) is 16.1. The highest BCUT2D eigenvalue weighted by Crippen LogP contribution is 2.25. The summed E-state index contributed by atoms with van der Waals surface area (Å²) in [6.45, 7) is 1.93. The van der Waals surface area contributed by atoms with E-state index < -0.39 is 12.0 Å². The lowest BCUT2D eigenvalue weighted by Crippen LogP contribution is -2.32. The molecule has 0 heterocycles. The van der Waals surface area contributed by atoms with Crippen LogP contribution in [0, 0.1) is 5.92 Å². The van der Waals surface area contributed by atoms with Gasteiger partial charge in [-0.1, -0.05) is 55.3 Å². The van der Waals surface area contributed by atoms with E-state index in [-0.39, 0.29) is 12.1 Å². The third-order valence-electron chi connectivity index (χ3n) is 5.29. The van der Waals surface area contributed by atoms with Gasteiger partial charge in [0.05, 0.1) is 12.0 Å². The van der Waals surface area contributed by atoms with Gasteiger partial charge in [-0.25, -0.2) is 0 Å². The van der Waals surface area contributed by atoms with Crippen molar-refractivity contribution in [2.24, 2.45) is 5.92 Å². The van der Waals surface area contributed by atoms with E-state index in [0.717, 1.165) is 51.4 Å². The van der Waals surface area contributed by atoms with Crippen LogP contribution in [-0.4, -0.2) is 23.3 Å². The summed E-state index contributed by atoms with van der Waals surface area (Å²) >= 11 is 0. The summed E-state index contributed by atoms with van der Waals surface area (Å²) in [5.74, 6) is -0.597. The molecule has 0 bridgehead atoms. The van der Waals surface area contributed by atoms with E-state index in [1.54, 1.807) is 0 Å². The molecule has 1 fully saturated rings. The van der Waals surface area contributed by atoms with Crippen molar-refractivity contribution in [2.75, 3.05) is 0 Å². The maximum absolute atomic E-state index is 12.6. The monoisotopic (exact) mass is 358 g/mol. The number of unbranched alkanes of at least 4 members (excludes halogenated alkanes) is 2. The molecule has 0 aromatic heterocycles. The van der Waals surface area contributed by atoms with Gasteiger partial charge in [-0.05, 0) is 63.9 Å². The van der Waals surface area contributed by atoms with E-state index in [1.165, 1.54) is 5.56 Å². The van der Waals surface area contributed by atoms with Crippen molar-refractivity contribution in [3.05, 3.63) is 48.0 Å². The molecule has 1 N–H and O–H groups in total. The number of hydrogen-bond acceptors (Lipinski definition) is 3. The number of aliphatic hydroxyl groups is 1. The average Bonchev–Trinajstić information content (AvgIpc) is 3.16. The van der Waals surface area contributed by atoms with E-state index in [1.807, 2.05) is 25.1 Å². The van der Waals surface area contributed by atoms with Gasteiger partial charge < -0.3 is 9.84 Å². The normalized spacial score (nSPS) is 17.5. The molecule has 1 aliphatic rings. The Bertz CT molecular complexity index is 532. The molecule has 1 aromatic rings. The number of benzene rings is 1. The molecule has 3 nitrogen and oxygen atoms in total. The number of aryl methyl sites for hydroxylation is 1. The Balaban J connectivity index is 1.77. The standard InChI is InChI=1S/C23H34O3/c1-2-3-18-22(24)21(23(25)26-20-15-10-11-16-20)17-9-5-8-14-19-12-6-4-7-13-19/h2-4,6-7,12-13,20-22,24H,5,8-11,14-18H2,1H3. The quantitative estimate of drug-likeness (QED) is 0.335. The number of carbonyl (C=O) groups excluding carboxylic acids is 1. The SMILES string of the molecule is CC=CCC(O)C(CCCCCc1ccccc1)C(=O)OC1CCCC1. The van der Waals surface area contributed by atoms with Crippen molar-refractivity contribution in [1.82, 2.24) is 0 Å². The predicted octanol–water partition coefficient (Wildman–Crippen LogP) is 5.22. The fourth-order valence-electron chi connectivity index (χ4n) is 3.68. The number of ether oxygens (including phenoxy) is 1. The van der Waals surface area contributed by atoms with E-state index in [9.17, 15) is 9.90 Å². The Hall–Kier alpha value is -1.61. The summed E-state index contributed by atoms with van der Waals surface area (Å²) in [5.41, 5.74) is 1.36. The second-order valence-electron chi connectivity index (χ2n) is 7.41. The molecule has 0 radical (unpaired) electrons. The van der Waals surface area contributed by atoms with Crippen LogP contribution in [0.2, 0.25) is 0 Å². The molecule has 1 saturated carbocycles. The molecule has 1 aliphatic carbocycles. The van der Waals surface area contributed by atoms with E-state index in [2.05, 4.69) is 24.3 Å². The first-order valence-corrected chi connectivity index (χ1v) is 10.2. The molecule has 2 rings (SSSR count). The van der Waals surface area contributed by atoms with Crippen molar-refractivity contribution in [1.29, 1.82) is 0 Å². The average molecular weight is 359 g/mol. The van der Waals surface area contributed by atoms with Crippen LogP contribution >= 0.6 is 0 Å². The van der Waals surface area contributed by atoms with Crippen LogP contribution in [0.5, 0.6) is 0 Å². The zero-order valence-corrected chi connectivity index (χ0v) is 16.1. The van der Waals surface area contributed by atoms with E-state index in [4.69, 9.17) is 4.74 Å². The summed E-state index contributed by atoms with van der Waals surface area (Å²) in [7, 11) is 0. The first-order valence-electron chi connectivity index (χ1n) is 10.2. The van der Waals surface area contributed by atoms with E-state index >= 15 is 0 Å². The van der Waals surface area contributed by atoms with Crippen molar-refractivity contribution >= 4 is 5.97 Å². The van der Waals surface area contributed by atoms with Gasteiger partial charge in [0.15, 0.2) is 0 Å². The van der Waals surface area contributed by atoms with Gasteiger partial charge in [-0.3, -0.25) is 4.79 Å². The fraction of sp³-hybridized carbons (Fsp3) is 0.609. The molecular formula is C23H34O3. The van der Waals surface area contributed by atoms with Crippen LogP contribution in [0.25, 0.3) is 0 Å². The Morgan fingerprint density at radius 1 is 1.19 bits per heavy atom. The van der Waals surface area contributed by atoms with Crippen molar-refractivity contribution in [3.8, 4) is 0 Å². The Labute approximate surface area is 158 Å². The molecule has 0 saturated heterocycles. The third kappa shape index (κ3) is 7.33. The maximum Gasteiger partial charge on any atom is 0.311 e. The third-order valence-corrected chi connectivity index (χ3v) is 5.29. The van der Waals surface area contributed by atoms with Gasteiger partial charge >= 0.3 is 5.97 Å². The number of esters is 1. The molecule has 144 valence electrons. The molecular weight excluding hydrogens is 324 g/mol. The first-order chi connectivity index (χ1) is 12.7. The predicted molar refractivity (Wildman–Crippen MR) is 106 cm³/mol. The molecule has 0 aliphatic heterocycles. The van der Waals surface area contributed by atoms with Crippen molar-refractivity contribution < 1.29 is 14.6 Å². The van der Waals surface area contributed by atoms with Gasteiger partial charge in [-0.15, -0.1) is 0 Å². The topological polar surface area (TPSA) is 46.5 Å². The fourth-order valence-corrected chi connectivity index (χ4v) is 3.68. The lowest BCUT2D eigenvalue weighted by atomic mass is 9.92. The number of hydrogen-bond donors (Lipinski definition) is 1. The minimum absolute atomic E-state index is 0.0667. The minimum Gasteiger partial charge on any atom is -0.462 e. The number of aliphatic hydroxyl groups excluding tert-OH is 1. The second-order valence-corrected chi connectivity index (χ2v) is 7.41. The number of carbonyl (C=O) groups is 1. The summed E-state index contributed by atoms with van der Waals surface area (Å²) in [6, 6.07) is 10.5. The largest absolute Gasteiger partial charge is 0.462 e. The molecule has 2 atom stereocenters. The minimum atomic E-state index is -0.644. The van der Waals surface area contributed by atoms with Crippen LogP contribution in [-0.2, 0) is 16.0 Å². The summed E-state index contributed by atoms with van der Waals surface area (Å²) in [5, 5.41) is 10.5. The van der Waals surface area contributed by atoms with Crippen molar-refractivity contribution in [2.45, 2.75) is 83.3 Å². The highest BCUT2D eigenvalue weighted by Gasteiger charge is 2.30. The first kappa shape index (κ1) is 20.7. The maximum atomic E-state index is 12.6. The zero-order chi connectivity index (χ0) is 18.6. The van der Waals surface area contributed by atoms with E-state index in [0.29, 0.717) is 12.8 Å². The lowest BCUT2D eigenvalue weighted by Gasteiger charge is -2.23. The van der Waals surface area contributed by atoms with Gasteiger partial charge in [0.2, 0.25) is 0 Å². The van der Waals surface area contributed by atoms with Crippen LogP contribution < -0.4 is 0 Å². The lowest BCUT2D eigenvalue weighted by molar-refractivity contribution is -0.158. The summed E-state index contributed by atoms with van der Waals surface area (Å²) in [6.07, 6.45) is 12.9. The second kappa shape index (κ2) is 11.9. The molecule has 0 amide bonds. The van der Waals surface area contributed by atoms with Crippen LogP contribution in [0.3, 0.4) is 0 Å². The van der Waals surface area contributed by atoms with Crippen LogP contribution in [0.4, 0.5) is 0 Å². The Kier molecular flexibility index (Phi) is 9.47. The van der Waals surface area contributed by atoms with Crippen LogP contribution in [0.15, 0.2) is 42.5 Å².